The molecule has 0 radical (unpaired) electrons. The van der Waals surface area contributed by atoms with Crippen LogP contribution in [0.4, 0.5) is 0 Å². The first kappa shape index (κ1) is 16.5. The molecule has 0 saturated carbocycles. The van der Waals surface area contributed by atoms with E-state index >= 15 is 0 Å². The summed E-state index contributed by atoms with van der Waals surface area (Å²) in [4.78, 5) is 9.00. The molecule has 0 aliphatic carbocycles. The van der Waals surface area contributed by atoms with E-state index in [0.29, 0.717) is 0 Å². The molecular formula is C2H7LiO6S. The second-order valence-corrected chi connectivity index (χ2v) is 1.86. The Balaban J connectivity index is -0.0000000383. The van der Waals surface area contributed by atoms with Crippen molar-refractivity contribution >= 4 is 16.4 Å². The molecule has 0 fully saturated rings. The van der Waals surface area contributed by atoms with E-state index in [9.17, 15) is 0 Å². The molecule has 0 unspecified atom stereocenters. The van der Waals surface area contributed by atoms with Gasteiger partial charge in [0.15, 0.2) is 0 Å². The maximum Gasteiger partial charge on any atom is 1.00 e. The molecule has 0 rings (SSSR count). The third kappa shape index (κ3) is 97500. The van der Waals surface area contributed by atoms with Crippen molar-refractivity contribution in [1.82, 2.24) is 0 Å². The summed E-state index contributed by atoms with van der Waals surface area (Å²) in [5.41, 5.74) is 0. The Morgan fingerprint density at radius 3 is 1.40 bits per heavy atom. The average Bonchev–Trinajstić information content (AvgIpc) is 1.19. The van der Waals surface area contributed by atoms with Crippen molar-refractivity contribution in [2.45, 2.75) is 6.92 Å². The number of aliphatic carboxylic acids is 1. The third-order valence-electron chi connectivity index (χ3n) is 0. The van der Waals surface area contributed by atoms with Gasteiger partial charge in [-0.15, -0.1) is 0 Å². The average molecular weight is 166 g/mol. The van der Waals surface area contributed by atoms with Gasteiger partial charge in [0.25, 0.3) is 5.97 Å². The molecule has 0 aliphatic rings. The van der Waals surface area contributed by atoms with E-state index < -0.39 is 16.4 Å². The standard InChI is InChI=1S/C2H4O2.Li.H2O4S.H/c1-2(3)4;;1-5(2,3)4;/h1H3,(H,3,4);;(H2,1,2,3,4);/q;+1;;-1. The molecule has 10 heavy (non-hydrogen) atoms. The molecule has 0 aromatic rings. The summed E-state index contributed by atoms with van der Waals surface area (Å²) >= 11 is 0. The van der Waals surface area contributed by atoms with Crippen LogP contribution in [-0.4, -0.2) is 28.6 Å². The van der Waals surface area contributed by atoms with Crippen LogP contribution >= 0.6 is 0 Å². The topological polar surface area (TPSA) is 112 Å². The summed E-state index contributed by atoms with van der Waals surface area (Å²) < 4.78 is 31.6. The number of carboxylic acids is 1. The zero-order valence-corrected chi connectivity index (χ0v) is 6.29. The van der Waals surface area contributed by atoms with E-state index in [0.717, 1.165) is 6.92 Å². The maximum absolute atomic E-state index is 9.00. The van der Waals surface area contributed by atoms with Crippen molar-refractivity contribution in [1.29, 1.82) is 0 Å². The molecule has 0 amide bonds. The molecule has 8 heteroatoms. The van der Waals surface area contributed by atoms with Gasteiger partial charge in [-0.05, 0) is 0 Å². The minimum atomic E-state index is -4.67. The second-order valence-electron chi connectivity index (χ2n) is 0.967. The maximum atomic E-state index is 9.00. The Morgan fingerprint density at radius 2 is 1.40 bits per heavy atom. The van der Waals surface area contributed by atoms with Gasteiger partial charge in [-0.3, -0.25) is 13.9 Å². The van der Waals surface area contributed by atoms with Crippen LogP contribution in [0.1, 0.15) is 8.35 Å². The number of hydrogen-bond donors (Lipinski definition) is 3. The largest absolute Gasteiger partial charge is 1.00 e. The van der Waals surface area contributed by atoms with E-state index in [4.69, 9.17) is 27.4 Å². The van der Waals surface area contributed by atoms with Crippen molar-refractivity contribution in [3.8, 4) is 0 Å². The van der Waals surface area contributed by atoms with Gasteiger partial charge in [0.1, 0.15) is 0 Å². The zero-order valence-electron chi connectivity index (χ0n) is 6.47. The number of carboxylic acid groups (broad SMARTS) is 1. The van der Waals surface area contributed by atoms with Crippen LogP contribution in [-0.2, 0) is 15.2 Å². The van der Waals surface area contributed by atoms with Crippen LogP contribution in [0.5, 0.6) is 0 Å². The normalized spacial score (nSPS) is 8.30. The SMILES string of the molecule is CC(=O)O.O=S(=O)(O)O.[H-].[Li+]. The van der Waals surface area contributed by atoms with E-state index in [2.05, 4.69) is 0 Å². The quantitative estimate of drug-likeness (QED) is 0.255. The zero-order chi connectivity index (χ0) is 8.08. The molecule has 0 heterocycles. The van der Waals surface area contributed by atoms with Gasteiger partial charge in [-0.1, -0.05) is 0 Å². The second kappa shape index (κ2) is 7.05. The predicted octanol–water partition coefficient (Wildman–Crippen LogP) is -3.45. The first-order valence-corrected chi connectivity index (χ1v) is 3.02. The van der Waals surface area contributed by atoms with Gasteiger partial charge in [-0.2, -0.15) is 8.42 Å². The molecule has 0 aliphatic heterocycles. The molecular weight excluding hydrogens is 159 g/mol. The summed E-state index contributed by atoms with van der Waals surface area (Å²) in [6.45, 7) is 1.08. The molecule has 0 atom stereocenters. The minimum absolute atomic E-state index is 0. The van der Waals surface area contributed by atoms with Crippen molar-refractivity contribution in [3.05, 3.63) is 0 Å². The smallest absolute Gasteiger partial charge is 1.00 e. The molecule has 0 aromatic carbocycles. The number of hydrogen-bond acceptors (Lipinski definition) is 3. The van der Waals surface area contributed by atoms with Crippen molar-refractivity contribution in [2.75, 3.05) is 0 Å². The van der Waals surface area contributed by atoms with Crippen LogP contribution in [0.2, 0.25) is 0 Å². The predicted molar refractivity (Wildman–Crippen MR) is 28.6 cm³/mol. The molecule has 0 bridgehead atoms. The Hall–Kier alpha value is -0.0626. The fourth-order valence-corrected chi connectivity index (χ4v) is 0. The summed E-state index contributed by atoms with van der Waals surface area (Å²) in [5, 5.41) is 7.42. The van der Waals surface area contributed by atoms with E-state index in [1.165, 1.54) is 0 Å². The van der Waals surface area contributed by atoms with E-state index in [-0.39, 0.29) is 20.3 Å². The van der Waals surface area contributed by atoms with Gasteiger partial charge < -0.3 is 6.53 Å². The first-order valence-electron chi connectivity index (χ1n) is 1.63. The van der Waals surface area contributed by atoms with Gasteiger partial charge in [0.05, 0.1) is 0 Å². The van der Waals surface area contributed by atoms with Gasteiger partial charge in [0, 0.05) is 6.92 Å². The summed E-state index contributed by atoms with van der Waals surface area (Å²) in [6.07, 6.45) is 0. The molecule has 0 spiro atoms. The molecule has 0 aromatic heterocycles. The molecule has 0 saturated heterocycles. The van der Waals surface area contributed by atoms with Gasteiger partial charge >= 0.3 is 29.3 Å². The molecule has 58 valence electrons. The van der Waals surface area contributed by atoms with Crippen LogP contribution in [0.15, 0.2) is 0 Å². The van der Waals surface area contributed by atoms with E-state index in [1.54, 1.807) is 0 Å². The van der Waals surface area contributed by atoms with Gasteiger partial charge in [0.2, 0.25) is 0 Å². The van der Waals surface area contributed by atoms with Crippen molar-refractivity contribution in [2.24, 2.45) is 0 Å². The van der Waals surface area contributed by atoms with Crippen LogP contribution < -0.4 is 18.9 Å². The first-order chi connectivity index (χ1) is 3.73. The Bertz CT molecular complexity index is 163. The fraction of sp³-hybridized carbons (Fsp3) is 0.500. The fourth-order valence-electron chi connectivity index (χ4n) is 0. The van der Waals surface area contributed by atoms with E-state index in [1.807, 2.05) is 0 Å². The van der Waals surface area contributed by atoms with Crippen LogP contribution in [0.25, 0.3) is 0 Å². The summed E-state index contributed by atoms with van der Waals surface area (Å²) in [6, 6.07) is 0. The third-order valence-corrected chi connectivity index (χ3v) is 0. The number of carbonyl (C=O) groups is 1. The van der Waals surface area contributed by atoms with Crippen molar-refractivity contribution in [3.63, 3.8) is 0 Å². The van der Waals surface area contributed by atoms with Gasteiger partial charge in [-0.25, -0.2) is 0 Å². The molecule has 6 nitrogen and oxygen atoms in total. The monoisotopic (exact) mass is 166 g/mol. The Morgan fingerprint density at radius 1 is 1.40 bits per heavy atom. The Kier molecular flexibility index (Phi) is 11.6. The Labute approximate surface area is 71.5 Å². The van der Waals surface area contributed by atoms with Crippen LogP contribution in [0.3, 0.4) is 0 Å². The van der Waals surface area contributed by atoms with Crippen LogP contribution in [0, 0.1) is 0 Å². The summed E-state index contributed by atoms with van der Waals surface area (Å²) in [5.74, 6) is -0.833. The molecule has 3 N–H and O–H groups in total. The van der Waals surface area contributed by atoms with Crippen molar-refractivity contribution < 1.29 is 47.7 Å². The number of rotatable bonds is 0. The minimum Gasteiger partial charge on any atom is -1.00 e. The summed E-state index contributed by atoms with van der Waals surface area (Å²) in [7, 11) is -4.67.